The Morgan fingerprint density at radius 2 is 2.12 bits per heavy atom. The van der Waals surface area contributed by atoms with E-state index in [4.69, 9.17) is 4.74 Å². The maximum absolute atomic E-state index is 11.3. The van der Waals surface area contributed by atoms with E-state index in [1.54, 1.807) is 0 Å². The summed E-state index contributed by atoms with van der Waals surface area (Å²) in [5.74, 6) is -0.325. The van der Waals surface area contributed by atoms with E-state index in [9.17, 15) is 13.2 Å². The van der Waals surface area contributed by atoms with Gasteiger partial charge in [0, 0.05) is 25.9 Å². The molecular weight excluding hydrogens is 232 g/mol. The molecule has 0 spiro atoms. The summed E-state index contributed by atoms with van der Waals surface area (Å²) in [6.45, 7) is 3.51. The van der Waals surface area contributed by atoms with E-state index in [1.165, 1.54) is 0 Å². The van der Waals surface area contributed by atoms with Crippen LogP contribution in [-0.2, 0) is 19.4 Å². The minimum absolute atomic E-state index is 0.0259. The zero-order chi connectivity index (χ0) is 12.2. The topological polar surface area (TPSA) is 84.5 Å². The summed E-state index contributed by atoms with van der Waals surface area (Å²) >= 11 is 0. The molecule has 0 aromatic rings. The molecule has 0 aromatic heterocycles. The Hall–Kier alpha value is -0.660. The van der Waals surface area contributed by atoms with Gasteiger partial charge in [-0.25, -0.2) is 8.42 Å². The fourth-order valence-corrected chi connectivity index (χ4v) is 1.72. The van der Waals surface area contributed by atoms with Crippen LogP contribution in [0.4, 0.5) is 0 Å². The molecule has 16 heavy (non-hydrogen) atoms. The van der Waals surface area contributed by atoms with Gasteiger partial charge in [0.15, 0.2) is 0 Å². The number of ether oxygens (including phenoxy) is 1. The Morgan fingerprint density at radius 1 is 1.50 bits per heavy atom. The minimum Gasteiger partial charge on any atom is -0.363 e. The van der Waals surface area contributed by atoms with Crippen LogP contribution in [0.5, 0.6) is 0 Å². The average molecular weight is 250 g/mol. The highest BCUT2D eigenvalue weighted by atomic mass is 32.2. The number of hydrogen-bond acceptors (Lipinski definition) is 5. The molecule has 1 amide bonds. The van der Waals surface area contributed by atoms with Crippen molar-refractivity contribution in [2.75, 3.05) is 38.2 Å². The van der Waals surface area contributed by atoms with Crippen LogP contribution in [0.2, 0.25) is 0 Å². The highest BCUT2D eigenvalue weighted by molar-refractivity contribution is 7.90. The second-order valence-corrected chi connectivity index (χ2v) is 6.58. The van der Waals surface area contributed by atoms with Crippen molar-refractivity contribution in [3.05, 3.63) is 0 Å². The molecule has 6 nitrogen and oxygen atoms in total. The van der Waals surface area contributed by atoms with E-state index in [0.717, 1.165) is 19.3 Å². The first-order valence-electron chi connectivity index (χ1n) is 5.10. The fraction of sp³-hybridized carbons (Fsp3) is 0.889. The summed E-state index contributed by atoms with van der Waals surface area (Å²) in [5.41, 5.74) is -0.256. The van der Waals surface area contributed by atoms with Crippen LogP contribution in [0.3, 0.4) is 0 Å². The van der Waals surface area contributed by atoms with Gasteiger partial charge in [-0.05, 0) is 6.92 Å². The van der Waals surface area contributed by atoms with E-state index in [0.29, 0.717) is 0 Å². The first-order valence-corrected chi connectivity index (χ1v) is 7.16. The average Bonchev–Trinajstić information content (AvgIpc) is 2.09. The molecule has 0 bridgehead atoms. The van der Waals surface area contributed by atoms with Crippen molar-refractivity contribution < 1.29 is 17.9 Å². The number of sulfone groups is 1. The Kier molecular flexibility index (Phi) is 4.28. The van der Waals surface area contributed by atoms with Gasteiger partial charge in [0.1, 0.15) is 16.4 Å². The third-order valence-electron chi connectivity index (χ3n) is 2.34. The molecule has 0 radical (unpaired) electrons. The van der Waals surface area contributed by atoms with E-state index >= 15 is 0 Å². The lowest BCUT2D eigenvalue weighted by Gasteiger charge is -2.38. The van der Waals surface area contributed by atoms with E-state index < -0.39 is 9.84 Å². The predicted octanol–water partition coefficient (Wildman–Crippen LogP) is -1.47. The van der Waals surface area contributed by atoms with Crippen LogP contribution >= 0.6 is 0 Å². The first-order chi connectivity index (χ1) is 7.31. The van der Waals surface area contributed by atoms with Crippen LogP contribution in [-0.4, -0.2) is 58.2 Å². The van der Waals surface area contributed by atoms with Crippen LogP contribution in [0.15, 0.2) is 0 Å². The molecule has 1 rings (SSSR count). The normalized spacial score (nSPS) is 18.9. The van der Waals surface area contributed by atoms with Crippen molar-refractivity contribution in [2.24, 2.45) is 0 Å². The van der Waals surface area contributed by atoms with Crippen LogP contribution in [0, 0.1) is 0 Å². The van der Waals surface area contributed by atoms with Crippen molar-refractivity contribution in [3.63, 3.8) is 0 Å². The Morgan fingerprint density at radius 3 is 2.56 bits per heavy atom. The molecule has 0 aromatic carbocycles. The molecule has 7 heteroatoms. The molecule has 1 fully saturated rings. The molecule has 1 aliphatic rings. The Bertz CT molecular complexity index is 349. The Balaban J connectivity index is 2.11. The lowest BCUT2D eigenvalue weighted by molar-refractivity contribution is -0.135. The number of rotatable bonds is 6. The van der Waals surface area contributed by atoms with Gasteiger partial charge in [-0.15, -0.1) is 0 Å². The number of hydrogen-bond donors (Lipinski definition) is 2. The second-order valence-electron chi connectivity index (χ2n) is 4.32. The molecular formula is C9H18N2O4S. The zero-order valence-electron chi connectivity index (χ0n) is 9.58. The standard InChI is InChI=1S/C9H18N2O4S/c1-9(6-10-7-9)15-5-8(12)11-3-4-16(2,13)14/h10H,3-7H2,1-2H3,(H,11,12). The molecule has 1 aliphatic heterocycles. The van der Waals surface area contributed by atoms with Crippen LogP contribution in [0.25, 0.3) is 0 Å². The fourth-order valence-electron chi connectivity index (χ4n) is 1.25. The molecule has 1 heterocycles. The summed E-state index contributed by atoms with van der Waals surface area (Å²) in [6, 6.07) is 0. The van der Waals surface area contributed by atoms with Crippen molar-refractivity contribution >= 4 is 15.7 Å². The number of carbonyl (C=O) groups excluding carboxylic acids is 1. The molecule has 0 unspecified atom stereocenters. The summed E-state index contributed by atoms with van der Waals surface area (Å²) in [4.78, 5) is 11.3. The molecule has 2 N–H and O–H groups in total. The maximum Gasteiger partial charge on any atom is 0.246 e. The monoisotopic (exact) mass is 250 g/mol. The van der Waals surface area contributed by atoms with E-state index in [-0.39, 0.29) is 30.4 Å². The number of nitrogens with one attached hydrogen (secondary N) is 2. The van der Waals surface area contributed by atoms with Gasteiger partial charge in [-0.3, -0.25) is 4.79 Å². The van der Waals surface area contributed by atoms with E-state index in [1.807, 2.05) is 6.92 Å². The third kappa shape index (κ3) is 4.91. The van der Waals surface area contributed by atoms with Crippen molar-refractivity contribution in [1.82, 2.24) is 10.6 Å². The lowest BCUT2D eigenvalue weighted by atomic mass is 10.0. The zero-order valence-corrected chi connectivity index (χ0v) is 10.4. The van der Waals surface area contributed by atoms with Gasteiger partial charge in [0.05, 0.1) is 11.4 Å². The summed E-state index contributed by atoms with van der Waals surface area (Å²) < 4.78 is 27.0. The summed E-state index contributed by atoms with van der Waals surface area (Å²) in [6.07, 6.45) is 1.14. The number of amides is 1. The SMILES string of the molecule is CC1(OCC(=O)NCCS(C)(=O)=O)CNC1. The molecule has 0 aliphatic carbocycles. The van der Waals surface area contributed by atoms with Crippen LogP contribution in [0.1, 0.15) is 6.92 Å². The van der Waals surface area contributed by atoms with Gasteiger partial charge in [0.2, 0.25) is 5.91 Å². The third-order valence-corrected chi connectivity index (χ3v) is 3.29. The highest BCUT2D eigenvalue weighted by Gasteiger charge is 2.32. The lowest BCUT2D eigenvalue weighted by Crippen LogP contribution is -2.59. The maximum atomic E-state index is 11.3. The second kappa shape index (κ2) is 5.11. The molecule has 1 saturated heterocycles. The first kappa shape index (κ1) is 13.4. The van der Waals surface area contributed by atoms with Gasteiger partial charge >= 0.3 is 0 Å². The minimum atomic E-state index is -3.02. The molecule has 94 valence electrons. The number of carbonyl (C=O) groups is 1. The molecule has 0 saturated carbocycles. The van der Waals surface area contributed by atoms with Crippen LogP contribution < -0.4 is 10.6 Å². The van der Waals surface area contributed by atoms with Gasteiger partial charge in [-0.1, -0.05) is 0 Å². The van der Waals surface area contributed by atoms with Crippen molar-refractivity contribution in [2.45, 2.75) is 12.5 Å². The highest BCUT2D eigenvalue weighted by Crippen LogP contribution is 2.14. The molecule has 0 atom stereocenters. The quantitative estimate of drug-likeness (QED) is 0.601. The van der Waals surface area contributed by atoms with Crippen molar-refractivity contribution in [1.29, 1.82) is 0 Å². The van der Waals surface area contributed by atoms with E-state index in [2.05, 4.69) is 10.6 Å². The smallest absolute Gasteiger partial charge is 0.246 e. The predicted molar refractivity (Wildman–Crippen MR) is 59.9 cm³/mol. The summed E-state index contributed by atoms with van der Waals surface area (Å²) in [5, 5.41) is 5.55. The van der Waals surface area contributed by atoms with Gasteiger partial charge in [0.25, 0.3) is 0 Å². The Labute approximate surface area is 95.7 Å². The van der Waals surface area contributed by atoms with Gasteiger partial charge < -0.3 is 15.4 Å². The largest absolute Gasteiger partial charge is 0.363 e. The van der Waals surface area contributed by atoms with Crippen molar-refractivity contribution in [3.8, 4) is 0 Å². The van der Waals surface area contributed by atoms with Gasteiger partial charge in [-0.2, -0.15) is 0 Å². The summed E-state index contributed by atoms with van der Waals surface area (Å²) in [7, 11) is -3.02.